The summed E-state index contributed by atoms with van der Waals surface area (Å²) >= 11 is 0. The van der Waals surface area contributed by atoms with Crippen LogP contribution in [0.2, 0.25) is 0 Å². The van der Waals surface area contributed by atoms with Gasteiger partial charge in [-0.3, -0.25) is 0 Å². The van der Waals surface area contributed by atoms with Crippen molar-refractivity contribution in [2.45, 2.75) is 13.1 Å². The molecule has 0 spiro atoms. The van der Waals surface area contributed by atoms with Crippen LogP contribution in [0.25, 0.3) is 21.9 Å². The first-order valence-electron chi connectivity index (χ1n) is 5.62. The molecule has 3 aromatic rings. The number of hydrogen-bond acceptors (Lipinski definition) is 1. The fourth-order valence-corrected chi connectivity index (χ4v) is 2.61. The summed E-state index contributed by atoms with van der Waals surface area (Å²) in [6.45, 7) is 2.08. The lowest BCUT2D eigenvalue weighted by Crippen LogP contribution is -1.76. The first-order chi connectivity index (χ1) is 8.28. The van der Waals surface area contributed by atoms with Gasteiger partial charge >= 0.3 is 0 Å². The van der Waals surface area contributed by atoms with E-state index in [1.165, 1.54) is 21.9 Å². The van der Waals surface area contributed by atoms with Crippen molar-refractivity contribution in [2.75, 3.05) is 0 Å². The third kappa shape index (κ3) is 1.77. The maximum absolute atomic E-state index is 5.85. The van der Waals surface area contributed by atoms with Crippen LogP contribution in [-0.4, -0.2) is 6.30 Å². The number of fused-ring (bicyclic) bond motifs is 3. The summed E-state index contributed by atoms with van der Waals surface area (Å²) in [5.74, 6) is 0. The van der Waals surface area contributed by atoms with E-state index < -0.39 is 0 Å². The zero-order valence-electron chi connectivity index (χ0n) is 9.73. The highest BCUT2D eigenvalue weighted by molar-refractivity contribution is 7.35. The first-order valence-corrected chi connectivity index (χ1v) is 6.89. The summed E-state index contributed by atoms with van der Waals surface area (Å²) < 4.78 is 5.85. The van der Waals surface area contributed by atoms with Crippen LogP contribution in [0.15, 0.2) is 40.8 Å². The van der Waals surface area contributed by atoms with Crippen molar-refractivity contribution in [3.05, 3.63) is 47.5 Å². The molecule has 0 unspecified atom stereocenters. The highest BCUT2D eigenvalue weighted by Gasteiger charge is 2.07. The van der Waals surface area contributed by atoms with Crippen LogP contribution >= 0.6 is 8.20 Å². The number of furan rings is 1. The molecule has 2 heteroatoms. The lowest BCUT2D eigenvalue weighted by molar-refractivity contribution is 0.668. The van der Waals surface area contributed by atoms with Crippen molar-refractivity contribution >= 4 is 36.4 Å². The Morgan fingerprint density at radius 1 is 1.06 bits per heavy atom. The molecule has 0 saturated carbocycles. The molecule has 0 aliphatic rings. The highest BCUT2D eigenvalue weighted by Crippen LogP contribution is 2.30. The molecule has 0 fully saturated rings. The average Bonchev–Trinajstić information content (AvgIpc) is 2.66. The molecule has 0 saturated heterocycles. The molecular weight excluding hydrogens is 227 g/mol. The van der Waals surface area contributed by atoms with Gasteiger partial charge in [-0.15, -0.1) is 8.20 Å². The summed E-state index contributed by atoms with van der Waals surface area (Å²) in [5.41, 5.74) is 4.49. The molecule has 2 aromatic carbocycles. The molecule has 17 heavy (non-hydrogen) atoms. The summed E-state index contributed by atoms with van der Waals surface area (Å²) in [7, 11) is 1.15. The van der Waals surface area contributed by atoms with Crippen LogP contribution in [0.3, 0.4) is 0 Å². The van der Waals surface area contributed by atoms with Gasteiger partial charge in [-0.05, 0) is 36.2 Å². The number of benzene rings is 2. The van der Waals surface area contributed by atoms with Crippen LogP contribution in [-0.2, 0) is 6.16 Å². The molecule has 0 bridgehead atoms. The van der Waals surface area contributed by atoms with Crippen LogP contribution < -0.4 is 0 Å². The maximum atomic E-state index is 5.85. The summed E-state index contributed by atoms with van der Waals surface area (Å²) in [4.78, 5) is 0. The topological polar surface area (TPSA) is 13.1 Å². The Labute approximate surface area is 102 Å². The predicted octanol–water partition coefficient (Wildman–Crippen LogP) is 4.77. The van der Waals surface area contributed by atoms with Crippen LogP contribution in [0, 0.1) is 6.92 Å². The van der Waals surface area contributed by atoms with Crippen LogP contribution in [0.4, 0.5) is 0 Å². The van der Waals surface area contributed by atoms with Gasteiger partial charge in [0, 0.05) is 16.9 Å². The van der Waals surface area contributed by atoms with Crippen LogP contribution in [0.1, 0.15) is 11.1 Å². The van der Waals surface area contributed by atoms with Gasteiger partial charge in [0.15, 0.2) is 0 Å². The Kier molecular flexibility index (Phi) is 2.49. The van der Waals surface area contributed by atoms with E-state index in [1.807, 2.05) is 0 Å². The van der Waals surface area contributed by atoms with Crippen LogP contribution in [0.5, 0.6) is 0 Å². The van der Waals surface area contributed by atoms with Crippen molar-refractivity contribution in [2.24, 2.45) is 0 Å². The number of hydrogen-bond donors (Lipinski definition) is 0. The van der Waals surface area contributed by atoms with Crippen molar-refractivity contribution < 1.29 is 4.42 Å². The fourth-order valence-electron chi connectivity index (χ4n) is 2.16. The molecule has 0 aliphatic heterocycles. The second-order valence-electron chi connectivity index (χ2n) is 4.31. The second kappa shape index (κ2) is 4.01. The molecule has 0 amide bonds. The van der Waals surface area contributed by atoms with E-state index in [1.54, 1.807) is 0 Å². The normalized spacial score (nSPS) is 11.6. The average molecular weight is 240 g/mol. The predicted molar refractivity (Wildman–Crippen MR) is 76.2 cm³/mol. The number of aryl methyl sites for hydroxylation is 1. The van der Waals surface area contributed by atoms with Crippen molar-refractivity contribution in [3.8, 4) is 0 Å². The minimum Gasteiger partial charge on any atom is -0.456 e. The molecule has 84 valence electrons. The molecule has 0 atom stereocenters. The van der Waals surface area contributed by atoms with E-state index in [4.69, 9.17) is 4.42 Å². The largest absolute Gasteiger partial charge is 0.456 e. The zero-order valence-corrected chi connectivity index (χ0v) is 10.6. The Balaban J connectivity index is 2.33. The Hall–Kier alpha value is -1.59. The monoisotopic (exact) mass is 240 g/mol. The summed E-state index contributed by atoms with van der Waals surface area (Å²) in [5, 5.41) is 2.41. The first kappa shape index (κ1) is 10.6. The Bertz CT molecular complexity index is 709. The smallest absolute Gasteiger partial charge is 0.135 e. The van der Waals surface area contributed by atoms with Crippen molar-refractivity contribution in [1.82, 2.24) is 0 Å². The Morgan fingerprint density at radius 3 is 2.76 bits per heavy atom. The van der Waals surface area contributed by atoms with E-state index >= 15 is 0 Å². The molecule has 1 heterocycles. The fraction of sp³-hybridized carbons (Fsp3) is 0.133. The molecular formula is C15H13OP. The maximum Gasteiger partial charge on any atom is 0.135 e. The van der Waals surface area contributed by atoms with Gasteiger partial charge in [0.1, 0.15) is 11.2 Å². The minimum atomic E-state index is 0.968. The molecule has 0 radical (unpaired) electrons. The third-order valence-corrected chi connectivity index (χ3v) is 3.57. The highest BCUT2D eigenvalue weighted by atomic mass is 31.1. The van der Waals surface area contributed by atoms with E-state index in [-0.39, 0.29) is 0 Å². The molecule has 1 aromatic heterocycles. The third-order valence-electron chi connectivity index (χ3n) is 2.99. The molecule has 3 rings (SSSR count). The lowest BCUT2D eigenvalue weighted by Gasteiger charge is -1.95. The zero-order chi connectivity index (χ0) is 11.8. The van der Waals surface area contributed by atoms with Gasteiger partial charge in [-0.1, -0.05) is 24.5 Å². The lowest BCUT2D eigenvalue weighted by atomic mass is 10.1. The standard InChI is InChI=1S/C15H13OP/c1-10-3-5-12-13-8-11(9-17-2)4-6-14(13)16-15(12)7-10/h3-8H,2,9H2,1H3. The van der Waals surface area contributed by atoms with Gasteiger partial charge in [-0.2, -0.15) is 0 Å². The van der Waals surface area contributed by atoms with Gasteiger partial charge in [0.2, 0.25) is 0 Å². The molecule has 1 nitrogen and oxygen atoms in total. The molecule has 0 aliphatic carbocycles. The molecule has 0 N–H and O–H groups in total. The van der Waals surface area contributed by atoms with Crippen molar-refractivity contribution in [3.63, 3.8) is 0 Å². The second-order valence-corrected chi connectivity index (χ2v) is 5.08. The van der Waals surface area contributed by atoms with Gasteiger partial charge in [-0.25, -0.2) is 0 Å². The van der Waals surface area contributed by atoms with Gasteiger partial charge < -0.3 is 4.42 Å². The Morgan fingerprint density at radius 2 is 1.94 bits per heavy atom. The van der Waals surface area contributed by atoms with Crippen molar-refractivity contribution in [1.29, 1.82) is 0 Å². The van der Waals surface area contributed by atoms with E-state index in [0.717, 1.165) is 25.5 Å². The van der Waals surface area contributed by atoms with E-state index in [2.05, 4.69) is 49.6 Å². The summed E-state index contributed by atoms with van der Waals surface area (Å²) in [6, 6.07) is 12.8. The van der Waals surface area contributed by atoms with E-state index in [9.17, 15) is 0 Å². The van der Waals surface area contributed by atoms with E-state index in [0.29, 0.717) is 0 Å². The SMILES string of the molecule is C=PCc1ccc2oc3cc(C)ccc3c2c1. The summed E-state index contributed by atoms with van der Waals surface area (Å²) in [6.07, 6.45) is 4.87. The quantitative estimate of drug-likeness (QED) is 0.588. The van der Waals surface area contributed by atoms with Gasteiger partial charge in [0.05, 0.1) is 0 Å². The minimum absolute atomic E-state index is 0.968. The number of rotatable bonds is 2. The van der Waals surface area contributed by atoms with Gasteiger partial charge in [0.25, 0.3) is 0 Å².